The molecule has 3 rings (SSSR count). The number of hydrogen-bond donors (Lipinski definition) is 0. The largest absolute Gasteiger partial charge is 0.472 e. The normalized spacial score (nSPS) is 17.7. The summed E-state index contributed by atoms with van der Waals surface area (Å²) >= 11 is 9.11. The molecule has 1 unspecified atom stereocenters. The van der Waals surface area contributed by atoms with Gasteiger partial charge in [0.25, 0.3) is 5.91 Å². The van der Waals surface area contributed by atoms with E-state index in [0.717, 1.165) is 5.01 Å². The van der Waals surface area contributed by atoms with Crippen LogP contribution in [-0.4, -0.2) is 54.4 Å². The molecule has 1 aliphatic rings. The van der Waals surface area contributed by atoms with Gasteiger partial charge in [-0.25, -0.2) is 4.90 Å². The number of carbonyl (C=O) groups is 3. The molecule has 0 aliphatic carbocycles. The molecule has 0 saturated carbocycles. The van der Waals surface area contributed by atoms with Crippen molar-refractivity contribution >= 4 is 56.7 Å². The summed E-state index contributed by atoms with van der Waals surface area (Å²) in [7, 11) is 0. The van der Waals surface area contributed by atoms with Crippen molar-refractivity contribution < 1.29 is 32.3 Å². The number of rotatable bonds is 6. The molecule has 2 aromatic rings. The quantitative estimate of drug-likeness (QED) is 0.463. The van der Waals surface area contributed by atoms with Gasteiger partial charge in [-0.05, 0) is 55.8 Å². The summed E-state index contributed by atoms with van der Waals surface area (Å²) in [6.07, 6.45) is -5.29. The van der Waals surface area contributed by atoms with E-state index in [1.807, 2.05) is 0 Å². The van der Waals surface area contributed by atoms with Crippen molar-refractivity contribution in [2.45, 2.75) is 20.0 Å². The van der Waals surface area contributed by atoms with Crippen LogP contribution in [0.4, 0.5) is 18.9 Å². The maximum atomic E-state index is 13.3. The predicted molar refractivity (Wildman–Crippen MR) is 127 cm³/mol. The summed E-state index contributed by atoms with van der Waals surface area (Å²) in [5.41, 5.74) is -0.788. The molecular formula is C23H20BrClF3N3O4. The Morgan fingerprint density at radius 3 is 2.29 bits per heavy atom. The molecular weight excluding hydrogens is 555 g/mol. The van der Waals surface area contributed by atoms with Gasteiger partial charge >= 0.3 is 18.1 Å². The lowest BCUT2D eigenvalue weighted by molar-refractivity contribution is -0.171. The van der Waals surface area contributed by atoms with Crippen LogP contribution in [0.5, 0.6) is 0 Å². The highest BCUT2D eigenvalue weighted by Crippen LogP contribution is 2.34. The zero-order valence-electron chi connectivity index (χ0n) is 18.6. The maximum Gasteiger partial charge on any atom is 0.472 e. The van der Waals surface area contributed by atoms with E-state index in [1.165, 1.54) is 24.3 Å². The number of halogens is 5. The third-order valence-electron chi connectivity index (χ3n) is 5.20. The number of ether oxygens (including phenoxy) is 1. The number of hydrogen-bond acceptors (Lipinski definition) is 6. The van der Waals surface area contributed by atoms with Gasteiger partial charge < -0.3 is 4.74 Å². The van der Waals surface area contributed by atoms with Gasteiger partial charge in [-0.2, -0.15) is 18.3 Å². The van der Waals surface area contributed by atoms with Gasteiger partial charge in [-0.15, -0.1) is 0 Å². The summed E-state index contributed by atoms with van der Waals surface area (Å²) in [6.45, 7) is 2.46. The summed E-state index contributed by atoms with van der Waals surface area (Å²) in [5.74, 6) is -4.11. The van der Waals surface area contributed by atoms with E-state index < -0.39 is 35.9 Å². The molecule has 7 nitrogen and oxygen atoms in total. The van der Waals surface area contributed by atoms with E-state index in [1.54, 1.807) is 38.1 Å². The Bertz CT molecular complexity index is 1160. The second-order valence-corrected chi connectivity index (χ2v) is 9.19. The van der Waals surface area contributed by atoms with Crippen LogP contribution in [0.1, 0.15) is 19.4 Å². The molecule has 12 heteroatoms. The van der Waals surface area contributed by atoms with Crippen molar-refractivity contribution in [1.29, 1.82) is 0 Å². The lowest BCUT2D eigenvalue weighted by atomic mass is 9.82. The number of benzene rings is 2. The smallest absolute Gasteiger partial charge is 0.465 e. The van der Waals surface area contributed by atoms with Crippen LogP contribution in [0.2, 0.25) is 5.02 Å². The highest BCUT2D eigenvalue weighted by Gasteiger charge is 2.49. The lowest BCUT2D eigenvalue weighted by Gasteiger charge is -2.26. The molecule has 0 fully saturated rings. The van der Waals surface area contributed by atoms with Gasteiger partial charge in [0.15, 0.2) is 0 Å². The van der Waals surface area contributed by atoms with E-state index in [4.69, 9.17) is 16.3 Å². The minimum atomic E-state index is -5.29. The van der Waals surface area contributed by atoms with E-state index in [0.29, 0.717) is 15.1 Å². The Morgan fingerprint density at radius 2 is 1.74 bits per heavy atom. The van der Waals surface area contributed by atoms with E-state index in [9.17, 15) is 27.6 Å². The maximum absolute atomic E-state index is 13.3. The standard InChI is InChI=1S/C23H20BrClF3N3O4/c1-3-35-21(34)22(2)13-30(29-19(22)14-4-8-16(25)9-5-14)12-18(32)31(20(33)23(26,27)28)17-10-6-15(24)7-11-17/h4-11H,3,12-13H2,1-2H3. The first kappa shape index (κ1) is 26.7. The number of imide groups is 1. The second kappa shape index (κ2) is 10.4. The molecule has 0 spiro atoms. The molecule has 1 aliphatic heterocycles. The van der Waals surface area contributed by atoms with Crippen molar-refractivity contribution in [3.8, 4) is 0 Å². The number of carbonyl (C=O) groups excluding carboxylic acids is 3. The van der Waals surface area contributed by atoms with Crippen LogP contribution < -0.4 is 4.90 Å². The number of esters is 1. The average Bonchev–Trinajstić information content (AvgIpc) is 3.12. The first-order chi connectivity index (χ1) is 16.4. The van der Waals surface area contributed by atoms with Crippen LogP contribution in [0.3, 0.4) is 0 Å². The highest BCUT2D eigenvalue weighted by atomic mass is 79.9. The van der Waals surface area contributed by atoms with Gasteiger partial charge in [0.1, 0.15) is 12.0 Å². The number of nitrogens with zero attached hydrogens (tertiary/aromatic N) is 3. The Labute approximate surface area is 212 Å². The molecule has 35 heavy (non-hydrogen) atoms. The highest BCUT2D eigenvalue weighted by molar-refractivity contribution is 9.10. The van der Waals surface area contributed by atoms with E-state index in [-0.39, 0.29) is 29.5 Å². The van der Waals surface area contributed by atoms with Gasteiger partial charge in [0.2, 0.25) is 0 Å². The fourth-order valence-corrected chi connectivity index (χ4v) is 3.96. The molecule has 0 saturated heterocycles. The Morgan fingerprint density at radius 1 is 1.14 bits per heavy atom. The monoisotopic (exact) mass is 573 g/mol. The minimum Gasteiger partial charge on any atom is -0.465 e. The second-order valence-electron chi connectivity index (χ2n) is 7.84. The van der Waals surface area contributed by atoms with Gasteiger partial charge in [0.05, 0.1) is 24.6 Å². The fourth-order valence-electron chi connectivity index (χ4n) is 3.57. The zero-order valence-corrected chi connectivity index (χ0v) is 20.9. The Balaban J connectivity index is 1.96. The Kier molecular flexibility index (Phi) is 7.90. The Hall–Kier alpha value is -2.92. The van der Waals surface area contributed by atoms with Crippen LogP contribution >= 0.6 is 27.5 Å². The molecule has 2 aromatic carbocycles. The van der Waals surface area contributed by atoms with Crippen molar-refractivity contribution in [3.63, 3.8) is 0 Å². The zero-order chi connectivity index (χ0) is 26.0. The van der Waals surface area contributed by atoms with Crippen molar-refractivity contribution in [2.75, 3.05) is 24.6 Å². The summed E-state index contributed by atoms with van der Waals surface area (Å²) in [5, 5.41) is 5.96. The number of hydrazone groups is 1. The van der Waals surface area contributed by atoms with E-state index >= 15 is 0 Å². The predicted octanol–water partition coefficient (Wildman–Crippen LogP) is 4.81. The number of anilines is 1. The van der Waals surface area contributed by atoms with Gasteiger partial charge in [-0.3, -0.25) is 19.4 Å². The molecule has 1 atom stereocenters. The SMILES string of the molecule is CCOC(=O)C1(C)CN(CC(=O)N(C(=O)C(F)(F)F)c2ccc(Br)cc2)N=C1c1ccc(Cl)cc1. The van der Waals surface area contributed by atoms with Crippen LogP contribution in [0.15, 0.2) is 58.1 Å². The number of alkyl halides is 3. The molecule has 1 heterocycles. The van der Waals surface area contributed by atoms with Crippen LogP contribution in [0.25, 0.3) is 0 Å². The summed E-state index contributed by atoms with van der Waals surface area (Å²) in [4.78, 5) is 38.0. The molecule has 2 amide bonds. The van der Waals surface area contributed by atoms with Crippen LogP contribution in [-0.2, 0) is 19.1 Å². The molecule has 0 aromatic heterocycles. The molecule has 0 bridgehead atoms. The third-order valence-corrected chi connectivity index (χ3v) is 5.98. The van der Waals surface area contributed by atoms with Crippen LogP contribution in [0, 0.1) is 5.41 Å². The lowest BCUT2D eigenvalue weighted by Crippen LogP contribution is -2.49. The van der Waals surface area contributed by atoms with E-state index in [2.05, 4.69) is 21.0 Å². The first-order valence-electron chi connectivity index (χ1n) is 10.3. The summed E-state index contributed by atoms with van der Waals surface area (Å²) in [6, 6.07) is 11.7. The molecule has 186 valence electrons. The molecule has 0 N–H and O–H groups in total. The average molecular weight is 575 g/mol. The fraction of sp³-hybridized carbons (Fsp3) is 0.304. The van der Waals surface area contributed by atoms with Crippen molar-refractivity contribution in [2.24, 2.45) is 10.5 Å². The number of amides is 2. The minimum absolute atomic E-state index is 0.0595. The molecule has 0 radical (unpaired) electrons. The topological polar surface area (TPSA) is 79.3 Å². The third kappa shape index (κ3) is 5.84. The van der Waals surface area contributed by atoms with Crippen molar-refractivity contribution in [3.05, 3.63) is 63.6 Å². The first-order valence-corrected chi connectivity index (χ1v) is 11.5. The van der Waals surface area contributed by atoms with Gasteiger partial charge in [0, 0.05) is 9.50 Å². The summed E-state index contributed by atoms with van der Waals surface area (Å²) < 4.78 is 45.7. The van der Waals surface area contributed by atoms with Crippen molar-refractivity contribution in [1.82, 2.24) is 5.01 Å². The van der Waals surface area contributed by atoms with Gasteiger partial charge in [-0.1, -0.05) is 39.7 Å².